The van der Waals surface area contributed by atoms with Crippen LogP contribution in [0.25, 0.3) is 11.0 Å². The highest BCUT2D eigenvalue weighted by atomic mass is 16.3. The van der Waals surface area contributed by atoms with Crippen molar-refractivity contribution in [3.63, 3.8) is 0 Å². The number of aryl methyl sites for hydroxylation is 1. The second-order valence-corrected chi connectivity index (χ2v) is 4.26. The highest BCUT2D eigenvalue weighted by molar-refractivity contribution is 5.86. The Hall–Kier alpha value is -1.69. The number of hydrogen-bond acceptors (Lipinski definition) is 5. The second kappa shape index (κ2) is 4.67. The van der Waals surface area contributed by atoms with Crippen LogP contribution in [0.4, 0.5) is 5.82 Å². The molecule has 2 aromatic heterocycles. The second-order valence-electron chi connectivity index (χ2n) is 4.26. The van der Waals surface area contributed by atoms with Gasteiger partial charge >= 0.3 is 0 Å². The largest absolute Gasteiger partial charge is 0.393 e. The van der Waals surface area contributed by atoms with Gasteiger partial charge in [0.25, 0.3) is 0 Å². The van der Waals surface area contributed by atoms with Crippen molar-refractivity contribution in [2.75, 3.05) is 18.5 Å². The predicted octanol–water partition coefficient (Wildman–Crippen LogP) is 0.570. The minimum atomic E-state index is -0.302. The van der Waals surface area contributed by atoms with Crippen molar-refractivity contribution in [1.29, 1.82) is 0 Å². The topological polar surface area (TPSA) is 67.1 Å². The van der Waals surface area contributed by atoms with Crippen LogP contribution in [0.5, 0.6) is 0 Å². The fraction of sp³-hybridized carbons (Fsp3) is 0.545. The summed E-state index contributed by atoms with van der Waals surface area (Å²) in [5.41, 5.74) is 0.818. The Morgan fingerprint density at radius 2 is 2.24 bits per heavy atom. The van der Waals surface area contributed by atoms with E-state index in [4.69, 9.17) is 0 Å². The third kappa shape index (κ3) is 2.36. The van der Waals surface area contributed by atoms with Gasteiger partial charge in [0.2, 0.25) is 0 Å². The van der Waals surface area contributed by atoms with Crippen molar-refractivity contribution in [2.45, 2.75) is 19.4 Å². The van der Waals surface area contributed by atoms with Crippen LogP contribution >= 0.6 is 0 Å². The smallest absolute Gasteiger partial charge is 0.163 e. The average Bonchev–Trinajstić information content (AvgIpc) is 2.68. The van der Waals surface area contributed by atoms with Crippen LogP contribution in [0.1, 0.15) is 13.3 Å². The van der Waals surface area contributed by atoms with Gasteiger partial charge in [-0.3, -0.25) is 4.68 Å². The number of anilines is 1. The number of aliphatic hydroxyl groups is 1. The van der Waals surface area contributed by atoms with E-state index in [9.17, 15) is 5.11 Å². The number of aliphatic hydroxyl groups excluding tert-OH is 1. The maximum atomic E-state index is 9.29. The van der Waals surface area contributed by atoms with Crippen LogP contribution < -0.4 is 4.90 Å². The third-order valence-corrected chi connectivity index (χ3v) is 2.75. The summed E-state index contributed by atoms with van der Waals surface area (Å²) in [7, 11) is 3.81. The van der Waals surface area contributed by atoms with Gasteiger partial charge in [-0.2, -0.15) is 5.10 Å². The van der Waals surface area contributed by atoms with Crippen LogP contribution in [-0.4, -0.2) is 44.6 Å². The number of rotatable bonds is 4. The molecule has 0 bridgehead atoms. The van der Waals surface area contributed by atoms with Crippen molar-refractivity contribution in [1.82, 2.24) is 19.7 Å². The molecule has 0 aliphatic heterocycles. The molecule has 2 heterocycles. The molecule has 0 aliphatic rings. The zero-order valence-corrected chi connectivity index (χ0v) is 10.3. The SMILES string of the molecule is CC(O)CCN(C)c1ncnc2c1cnn2C. The van der Waals surface area contributed by atoms with Crippen molar-refractivity contribution < 1.29 is 5.11 Å². The van der Waals surface area contributed by atoms with Crippen molar-refractivity contribution in [3.05, 3.63) is 12.5 Å². The molecule has 1 N–H and O–H groups in total. The first-order valence-electron chi connectivity index (χ1n) is 5.61. The van der Waals surface area contributed by atoms with Gasteiger partial charge in [0, 0.05) is 20.6 Å². The molecule has 17 heavy (non-hydrogen) atoms. The van der Waals surface area contributed by atoms with Gasteiger partial charge in [0.15, 0.2) is 5.65 Å². The van der Waals surface area contributed by atoms with E-state index < -0.39 is 0 Å². The molecular weight excluding hydrogens is 218 g/mol. The van der Waals surface area contributed by atoms with Crippen LogP contribution in [0, 0.1) is 0 Å². The zero-order chi connectivity index (χ0) is 12.4. The summed E-state index contributed by atoms with van der Waals surface area (Å²) in [5.74, 6) is 0.851. The van der Waals surface area contributed by atoms with Gasteiger partial charge in [-0.25, -0.2) is 9.97 Å². The normalized spacial score (nSPS) is 12.9. The van der Waals surface area contributed by atoms with Gasteiger partial charge in [-0.05, 0) is 13.3 Å². The molecule has 2 aromatic rings. The predicted molar refractivity (Wildman–Crippen MR) is 65.9 cm³/mol. The summed E-state index contributed by atoms with van der Waals surface area (Å²) >= 11 is 0. The molecule has 0 fully saturated rings. The van der Waals surface area contributed by atoms with Crippen LogP contribution in [0.2, 0.25) is 0 Å². The number of fused-ring (bicyclic) bond motifs is 1. The first-order valence-corrected chi connectivity index (χ1v) is 5.61. The van der Waals surface area contributed by atoms with E-state index in [1.165, 1.54) is 6.33 Å². The molecule has 92 valence electrons. The molecule has 0 saturated carbocycles. The van der Waals surface area contributed by atoms with E-state index >= 15 is 0 Å². The molecule has 0 aliphatic carbocycles. The molecule has 6 heteroatoms. The summed E-state index contributed by atoms with van der Waals surface area (Å²) < 4.78 is 1.73. The molecule has 2 rings (SSSR count). The maximum absolute atomic E-state index is 9.29. The number of nitrogens with zero attached hydrogens (tertiary/aromatic N) is 5. The van der Waals surface area contributed by atoms with E-state index in [-0.39, 0.29) is 6.10 Å². The fourth-order valence-electron chi connectivity index (χ4n) is 1.74. The molecule has 0 spiro atoms. The van der Waals surface area contributed by atoms with E-state index in [2.05, 4.69) is 15.1 Å². The quantitative estimate of drug-likeness (QED) is 0.839. The summed E-state index contributed by atoms with van der Waals surface area (Å²) in [6.07, 6.45) is 3.72. The fourth-order valence-corrected chi connectivity index (χ4v) is 1.74. The molecule has 1 unspecified atom stereocenters. The monoisotopic (exact) mass is 235 g/mol. The van der Waals surface area contributed by atoms with Gasteiger partial charge in [0.05, 0.1) is 17.7 Å². The van der Waals surface area contributed by atoms with Crippen molar-refractivity contribution in [3.8, 4) is 0 Å². The van der Waals surface area contributed by atoms with E-state index in [0.717, 1.165) is 23.4 Å². The molecule has 0 saturated heterocycles. The molecule has 1 atom stereocenters. The zero-order valence-electron chi connectivity index (χ0n) is 10.3. The maximum Gasteiger partial charge on any atom is 0.163 e. The lowest BCUT2D eigenvalue weighted by Crippen LogP contribution is -2.23. The molecule has 6 nitrogen and oxygen atoms in total. The Labute approximate surface area is 99.9 Å². The van der Waals surface area contributed by atoms with E-state index in [1.807, 2.05) is 19.0 Å². The van der Waals surface area contributed by atoms with Crippen molar-refractivity contribution in [2.24, 2.45) is 7.05 Å². The first kappa shape index (κ1) is 11.8. The number of hydrogen-bond donors (Lipinski definition) is 1. The Bertz CT molecular complexity index is 508. The summed E-state index contributed by atoms with van der Waals surface area (Å²) in [6.45, 7) is 2.53. The van der Waals surface area contributed by atoms with Gasteiger partial charge in [-0.1, -0.05) is 0 Å². The minimum absolute atomic E-state index is 0.302. The minimum Gasteiger partial charge on any atom is -0.393 e. The Morgan fingerprint density at radius 3 is 2.94 bits per heavy atom. The van der Waals surface area contributed by atoms with E-state index in [1.54, 1.807) is 17.8 Å². The highest BCUT2D eigenvalue weighted by Crippen LogP contribution is 2.21. The van der Waals surface area contributed by atoms with Crippen LogP contribution in [0.3, 0.4) is 0 Å². The summed E-state index contributed by atoms with van der Waals surface area (Å²) in [6, 6.07) is 0. The lowest BCUT2D eigenvalue weighted by Gasteiger charge is -2.19. The first-order chi connectivity index (χ1) is 8.09. The Morgan fingerprint density at radius 1 is 1.47 bits per heavy atom. The Balaban J connectivity index is 2.28. The van der Waals surface area contributed by atoms with E-state index in [0.29, 0.717) is 6.42 Å². The summed E-state index contributed by atoms with van der Waals surface area (Å²) in [5, 5.41) is 14.4. The molecule has 0 aromatic carbocycles. The summed E-state index contributed by atoms with van der Waals surface area (Å²) in [4.78, 5) is 10.5. The lowest BCUT2D eigenvalue weighted by atomic mass is 10.2. The Kier molecular flexibility index (Phi) is 3.23. The molecule has 0 radical (unpaired) electrons. The van der Waals surface area contributed by atoms with Crippen molar-refractivity contribution >= 4 is 16.9 Å². The lowest BCUT2D eigenvalue weighted by molar-refractivity contribution is 0.187. The molecule has 0 amide bonds. The number of aromatic nitrogens is 4. The third-order valence-electron chi connectivity index (χ3n) is 2.75. The van der Waals surface area contributed by atoms with Crippen LogP contribution in [-0.2, 0) is 7.05 Å². The standard InChI is InChI=1S/C11H17N5O/c1-8(17)4-5-15(2)10-9-6-14-16(3)11(9)13-7-12-10/h6-8,17H,4-5H2,1-3H3. The average molecular weight is 235 g/mol. The van der Waals surface area contributed by atoms with Gasteiger partial charge in [-0.15, -0.1) is 0 Å². The molecular formula is C11H17N5O. The highest BCUT2D eigenvalue weighted by Gasteiger charge is 2.11. The van der Waals surface area contributed by atoms with Gasteiger partial charge < -0.3 is 10.0 Å². The van der Waals surface area contributed by atoms with Gasteiger partial charge in [0.1, 0.15) is 12.1 Å². The van der Waals surface area contributed by atoms with Crippen LogP contribution in [0.15, 0.2) is 12.5 Å².